The van der Waals surface area contributed by atoms with Crippen molar-refractivity contribution in [3.63, 3.8) is 0 Å². The van der Waals surface area contributed by atoms with E-state index in [0.29, 0.717) is 12.3 Å². The Hall–Kier alpha value is -2.89. The highest BCUT2D eigenvalue weighted by molar-refractivity contribution is 6.18. The van der Waals surface area contributed by atoms with Gasteiger partial charge in [-0.05, 0) is 49.3 Å². The zero-order chi connectivity index (χ0) is 23.5. The first-order valence-electron chi connectivity index (χ1n) is 11.3. The highest BCUT2D eigenvalue weighted by atomic mass is 16.7. The molecule has 0 N–H and O–H groups in total. The third-order valence-corrected chi connectivity index (χ3v) is 5.48. The van der Waals surface area contributed by atoms with Gasteiger partial charge in [0.2, 0.25) is 6.29 Å². The first kappa shape index (κ1) is 23.8. The summed E-state index contributed by atoms with van der Waals surface area (Å²) in [5.74, 6) is 0.411. The molecule has 3 rings (SSSR count). The largest absolute Gasteiger partial charge is 0.452 e. The average Bonchev–Trinajstić information content (AvgIpc) is 3.52. The molecule has 0 saturated heterocycles. The molecule has 6 heteroatoms. The Bertz CT molecular complexity index is 1010. The van der Waals surface area contributed by atoms with E-state index in [2.05, 4.69) is 55.1 Å². The monoisotopic (exact) mass is 437 g/mol. The second-order valence-electron chi connectivity index (χ2n) is 9.34. The lowest BCUT2D eigenvalue weighted by molar-refractivity contribution is -0.165. The number of esters is 1. The van der Waals surface area contributed by atoms with Crippen molar-refractivity contribution in [3.05, 3.63) is 52.8 Å². The lowest BCUT2D eigenvalue weighted by Crippen LogP contribution is -2.20. The van der Waals surface area contributed by atoms with Crippen molar-refractivity contribution in [1.29, 1.82) is 0 Å². The maximum absolute atomic E-state index is 12.2. The summed E-state index contributed by atoms with van der Waals surface area (Å²) in [6.45, 7) is 13.0. The zero-order valence-electron chi connectivity index (χ0n) is 20.3. The van der Waals surface area contributed by atoms with Crippen LogP contribution in [-0.2, 0) is 26.2 Å². The molecule has 0 aliphatic heterocycles. The quantitative estimate of drug-likeness (QED) is 0.240. The number of hydrogen-bond acceptors (Lipinski definition) is 5. The second-order valence-corrected chi connectivity index (χ2v) is 9.34. The molecule has 1 aliphatic carbocycles. The van der Waals surface area contributed by atoms with Crippen LogP contribution in [0.5, 0.6) is 0 Å². The van der Waals surface area contributed by atoms with Crippen LogP contribution in [0.25, 0.3) is 11.3 Å². The van der Waals surface area contributed by atoms with Gasteiger partial charge in [0.1, 0.15) is 5.69 Å². The van der Waals surface area contributed by atoms with E-state index in [4.69, 9.17) is 9.47 Å². The molecule has 2 aromatic rings. The summed E-state index contributed by atoms with van der Waals surface area (Å²) in [5, 5.41) is 4.59. The van der Waals surface area contributed by atoms with Crippen LogP contribution in [0.4, 0.5) is 0 Å². The van der Waals surface area contributed by atoms with Crippen LogP contribution in [0.2, 0.25) is 0 Å². The first-order valence-corrected chi connectivity index (χ1v) is 11.3. The number of carbonyl (C=O) groups excluding carboxylic acids is 1. The fourth-order valence-electron chi connectivity index (χ4n) is 3.54. The Morgan fingerprint density at radius 2 is 1.91 bits per heavy atom. The van der Waals surface area contributed by atoms with Gasteiger partial charge in [-0.3, -0.25) is 14.5 Å². The molecule has 1 fully saturated rings. The molecule has 1 aromatic heterocycles. The Morgan fingerprint density at radius 1 is 1.25 bits per heavy atom. The molecule has 1 aromatic carbocycles. The number of rotatable bonds is 8. The number of benzene rings is 1. The van der Waals surface area contributed by atoms with Crippen LogP contribution in [0.1, 0.15) is 70.0 Å². The molecule has 0 amide bonds. The standard InChI is InChI=1S/C26H35N3O3/c1-8-29-23(15-17(2)28-29)24(31-18(3)32-25(30)20-9-10-20)22(16-27-7)19-11-13-21(14-12-19)26(4,5)6/h11-16,18,20H,8-10H2,1-7H3/b24-22-,27-16?. The second kappa shape index (κ2) is 9.72. The summed E-state index contributed by atoms with van der Waals surface area (Å²) in [7, 11) is 1.74. The van der Waals surface area contributed by atoms with Gasteiger partial charge in [0.25, 0.3) is 0 Å². The van der Waals surface area contributed by atoms with Crippen molar-refractivity contribution in [1.82, 2.24) is 9.78 Å². The molecule has 0 spiro atoms. The molecule has 1 aliphatic rings. The molecule has 172 valence electrons. The highest BCUT2D eigenvalue weighted by Crippen LogP contribution is 2.33. The molecule has 1 heterocycles. The van der Waals surface area contributed by atoms with E-state index in [1.54, 1.807) is 20.2 Å². The average molecular weight is 438 g/mol. The zero-order valence-corrected chi connectivity index (χ0v) is 20.3. The Morgan fingerprint density at radius 3 is 2.44 bits per heavy atom. The van der Waals surface area contributed by atoms with E-state index in [1.807, 2.05) is 24.6 Å². The third kappa shape index (κ3) is 5.67. The minimum atomic E-state index is -0.729. The van der Waals surface area contributed by atoms with E-state index in [-0.39, 0.29) is 17.3 Å². The van der Waals surface area contributed by atoms with Crippen LogP contribution >= 0.6 is 0 Å². The topological polar surface area (TPSA) is 65.7 Å². The van der Waals surface area contributed by atoms with Crippen LogP contribution < -0.4 is 0 Å². The van der Waals surface area contributed by atoms with Crippen molar-refractivity contribution in [2.24, 2.45) is 10.9 Å². The molecule has 1 saturated carbocycles. The molecule has 32 heavy (non-hydrogen) atoms. The summed E-state index contributed by atoms with van der Waals surface area (Å²) in [6, 6.07) is 10.4. The number of nitrogens with zero attached hydrogens (tertiary/aromatic N) is 3. The van der Waals surface area contributed by atoms with Crippen molar-refractivity contribution < 1.29 is 14.3 Å². The van der Waals surface area contributed by atoms with Gasteiger partial charge in [-0.2, -0.15) is 5.10 Å². The van der Waals surface area contributed by atoms with Crippen LogP contribution in [-0.4, -0.2) is 35.3 Å². The van der Waals surface area contributed by atoms with Gasteiger partial charge in [0.15, 0.2) is 5.76 Å². The van der Waals surface area contributed by atoms with Crippen molar-refractivity contribution in [2.75, 3.05) is 7.05 Å². The Balaban J connectivity index is 2.08. The number of aromatic nitrogens is 2. The van der Waals surface area contributed by atoms with E-state index in [0.717, 1.165) is 35.4 Å². The van der Waals surface area contributed by atoms with Gasteiger partial charge in [0, 0.05) is 32.3 Å². The van der Waals surface area contributed by atoms with Crippen LogP contribution in [0.15, 0.2) is 35.3 Å². The number of hydrogen-bond donors (Lipinski definition) is 0. The smallest absolute Gasteiger partial charge is 0.311 e. The molecule has 6 nitrogen and oxygen atoms in total. The SMILES string of the molecule is CCn1nc(C)cc1/C(OC(C)OC(=O)C1CC1)=C(\C=NC)c1ccc(C(C)(C)C)cc1. The van der Waals surface area contributed by atoms with Crippen LogP contribution in [0, 0.1) is 12.8 Å². The van der Waals surface area contributed by atoms with Gasteiger partial charge in [-0.1, -0.05) is 45.0 Å². The van der Waals surface area contributed by atoms with E-state index in [1.165, 1.54) is 5.56 Å². The van der Waals surface area contributed by atoms with Crippen molar-refractivity contribution in [3.8, 4) is 0 Å². The minimum absolute atomic E-state index is 0.0125. The van der Waals surface area contributed by atoms with Crippen LogP contribution in [0.3, 0.4) is 0 Å². The number of aliphatic imine (C=N–C) groups is 1. The summed E-state index contributed by atoms with van der Waals surface area (Å²) in [6.07, 6.45) is 2.85. The van der Waals surface area contributed by atoms with Crippen molar-refractivity contribution >= 4 is 23.5 Å². The number of ether oxygens (including phenoxy) is 2. The Kier molecular flexibility index (Phi) is 7.22. The number of aryl methyl sites for hydroxylation is 2. The Labute approximate surface area is 191 Å². The number of carbonyl (C=O) groups is 1. The molecular weight excluding hydrogens is 402 g/mol. The van der Waals surface area contributed by atoms with Gasteiger partial charge >= 0.3 is 5.97 Å². The summed E-state index contributed by atoms with van der Waals surface area (Å²) in [4.78, 5) is 16.5. The van der Waals surface area contributed by atoms with Gasteiger partial charge < -0.3 is 9.47 Å². The molecule has 0 radical (unpaired) electrons. The minimum Gasteiger partial charge on any atom is -0.452 e. The summed E-state index contributed by atoms with van der Waals surface area (Å²) >= 11 is 0. The normalized spacial score (nSPS) is 16.1. The predicted molar refractivity (Wildman–Crippen MR) is 128 cm³/mol. The lowest BCUT2D eigenvalue weighted by Gasteiger charge is -2.22. The fourth-order valence-corrected chi connectivity index (χ4v) is 3.54. The lowest BCUT2D eigenvalue weighted by atomic mass is 9.86. The summed E-state index contributed by atoms with van der Waals surface area (Å²) < 4.78 is 13.8. The molecule has 0 bridgehead atoms. The maximum atomic E-state index is 12.2. The summed E-state index contributed by atoms with van der Waals surface area (Å²) in [5.41, 5.74) is 4.82. The molecule has 1 unspecified atom stereocenters. The van der Waals surface area contributed by atoms with Gasteiger partial charge in [-0.15, -0.1) is 0 Å². The first-order chi connectivity index (χ1) is 15.1. The number of allylic oxidation sites excluding steroid dienone is 1. The maximum Gasteiger partial charge on any atom is 0.311 e. The predicted octanol–water partition coefficient (Wildman–Crippen LogP) is 5.39. The highest BCUT2D eigenvalue weighted by Gasteiger charge is 2.33. The van der Waals surface area contributed by atoms with Gasteiger partial charge in [0.05, 0.1) is 11.6 Å². The van der Waals surface area contributed by atoms with Crippen molar-refractivity contribution in [2.45, 2.75) is 72.6 Å². The van der Waals surface area contributed by atoms with E-state index >= 15 is 0 Å². The van der Waals surface area contributed by atoms with E-state index in [9.17, 15) is 4.79 Å². The van der Waals surface area contributed by atoms with Gasteiger partial charge in [-0.25, -0.2) is 0 Å². The molecule has 1 atom stereocenters. The van der Waals surface area contributed by atoms with E-state index < -0.39 is 6.29 Å². The third-order valence-electron chi connectivity index (χ3n) is 5.48. The molecular formula is C26H35N3O3. The fraction of sp³-hybridized carbons (Fsp3) is 0.500.